The number of unbranched alkanes of at least 4 members (excludes halogenated alkanes) is 3. The van der Waals surface area contributed by atoms with Crippen LogP contribution in [0.5, 0.6) is 0 Å². The normalized spacial score (nSPS) is 17.3. The number of nitrogens with zero attached hydrogens (tertiary/aromatic N) is 4. The minimum absolute atomic E-state index is 0.638. The Balaban J connectivity index is 1.48. The third-order valence-corrected chi connectivity index (χ3v) is 5.13. The SMILES string of the molecule is CCCCc1nc(N)c2c(n1)C(CCCCCN1CCCC1)=NC2. The van der Waals surface area contributed by atoms with Crippen molar-refractivity contribution in [1.29, 1.82) is 0 Å². The molecule has 0 unspecified atom stereocenters. The zero-order valence-corrected chi connectivity index (χ0v) is 15.1. The smallest absolute Gasteiger partial charge is 0.132 e. The fourth-order valence-corrected chi connectivity index (χ4v) is 3.65. The van der Waals surface area contributed by atoms with Crippen LogP contribution in [0.1, 0.15) is 75.4 Å². The summed E-state index contributed by atoms with van der Waals surface area (Å²) in [6.07, 6.45) is 10.7. The Morgan fingerprint density at radius 1 is 1.00 bits per heavy atom. The maximum Gasteiger partial charge on any atom is 0.132 e. The van der Waals surface area contributed by atoms with Gasteiger partial charge in [0.15, 0.2) is 0 Å². The maximum absolute atomic E-state index is 6.12. The first kappa shape index (κ1) is 17.3. The van der Waals surface area contributed by atoms with Gasteiger partial charge in [-0.1, -0.05) is 19.8 Å². The summed E-state index contributed by atoms with van der Waals surface area (Å²) in [5.74, 6) is 1.52. The maximum atomic E-state index is 6.12. The van der Waals surface area contributed by atoms with Gasteiger partial charge in [0.1, 0.15) is 11.6 Å². The minimum atomic E-state index is 0.638. The van der Waals surface area contributed by atoms with Crippen molar-refractivity contribution in [3.05, 3.63) is 17.1 Å². The van der Waals surface area contributed by atoms with Gasteiger partial charge < -0.3 is 10.6 Å². The number of nitrogens with two attached hydrogens (primary N) is 1. The second kappa shape index (κ2) is 8.56. The second-order valence-corrected chi connectivity index (χ2v) is 7.08. The molecule has 5 nitrogen and oxygen atoms in total. The summed E-state index contributed by atoms with van der Waals surface area (Å²) in [7, 11) is 0. The van der Waals surface area contributed by atoms with Crippen LogP contribution in [-0.4, -0.2) is 40.2 Å². The van der Waals surface area contributed by atoms with Gasteiger partial charge in [-0.15, -0.1) is 0 Å². The lowest BCUT2D eigenvalue weighted by Gasteiger charge is -2.13. The van der Waals surface area contributed by atoms with Crippen LogP contribution < -0.4 is 5.73 Å². The number of rotatable bonds is 9. The quantitative estimate of drug-likeness (QED) is 0.705. The number of likely N-dealkylation sites (tertiary alicyclic amines) is 1. The van der Waals surface area contributed by atoms with Crippen LogP contribution in [0.4, 0.5) is 5.82 Å². The van der Waals surface area contributed by atoms with E-state index in [9.17, 15) is 0 Å². The van der Waals surface area contributed by atoms with Crippen LogP contribution in [0.2, 0.25) is 0 Å². The first-order valence-electron chi connectivity index (χ1n) is 9.69. The van der Waals surface area contributed by atoms with Crippen molar-refractivity contribution in [2.45, 2.75) is 71.3 Å². The van der Waals surface area contributed by atoms with E-state index < -0.39 is 0 Å². The lowest BCUT2D eigenvalue weighted by Crippen LogP contribution is -2.20. The Morgan fingerprint density at radius 3 is 2.62 bits per heavy atom. The Bertz CT molecular complexity index is 575. The van der Waals surface area contributed by atoms with Crippen molar-refractivity contribution in [3.63, 3.8) is 0 Å². The number of aryl methyl sites for hydroxylation is 1. The van der Waals surface area contributed by atoms with Crippen molar-refractivity contribution in [1.82, 2.24) is 14.9 Å². The number of hydrogen-bond donors (Lipinski definition) is 1. The number of aromatic nitrogens is 2. The first-order valence-corrected chi connectivity index (χ1v) is 9.69. The van der Waals surface area contributed by atoms with Gasteiger partial charge in [-0.05, 0) is 58.2 Å². The fraction of sp³-hybridized carbons (Fsp3) is 0.737. The molecule has 1 aromatic rings. The highest BCUT2D eigenvalue weighted by atomic mass is 15.1. The van der Waals surface area contributed by atoms with Gasteiger partial charge in [-0.3, -0.25) is 4.99 Å². The number of nitrogen functional groups attached to an aromatic ring is 1. The number of anilines is 1. The molecule has 3 heterocycles. The predicted octanol–water partition coefficient (Wildman–Crippen LogP) is 3.36. The molecule has 2 aliphatic heterocycles. The van der Waals surface area contributed by atoms with Crippen LogP contribution in [-0.2, 0) is 13.0 Å². The average Bonchev–Trinajstić information content (AvgIpc) is 3.23. The van der Waals surface area contributed by atoms with E-state index in [1.807, 2.05) is 0 Å². The minimum Gasteiger partial charge on any atom is -0.383 e. The van der Waals surface area contributed by atoms with E-state index in [4.69, 9.17) is 10.7 Å². The summed E-state index contributed by atoms with van der Waals surface area (Å²) in [6, 6.07) is 0. The summed E-state index contributed by atoms with van der Waals surface area (Å²) in [4.78, 5) is 16.5. The van der Waals surface area contributed by atoms with Crippen LogP contribution in [0.15, 0.2) is 4.99 Å². The third-order valence-electron chi connectivity index (χ3n) is 5.13. The number of aliphatic imine (C=N–C) groups is 1. The zero-order chi connectivity index (χ0) is 16.8. The topological polar surface area (TPSA) is 67.4 Å². The summed E-state index contributed by atoms with van der Waals surface area (Å²) >= 11 is 0. The molecular formula is C19H31N5. The van der Waals surface area contributed by atoms with E-state index in [1.165, 1.54) is 51.7 Å². The van der Waals surface area contributed by atoms with Crippen LogP contribution in [0, 0.1) is 0 Å². The van der Waals surface area contributed by atoms with Crippen molar-refractivity contribution in [2.24, 2.45) is 4.99 Å². The molecule has 0 atom stereocenters. The van der Waals surface area contributed by atoms with E-state index >= 15 is 0 Å². The summed E-state index contributed by atoms with van der Waals surface area (Å²) in [5, 5.41) is 0. The largest absolute Gasteiger partial charge is 0.383 e. The molecule has 0 radical (unpaired) electrons. The molecular weight excluding hydrogens is 298 g/mol. The Kier molecular flexibility index (Phi) is 6.18. The third kappa shape index (κ3) is 4.32. The fourth-order valence-electron chi connectivity index (χ4n) is 3.65. The molecule has 2 aliphatic rings. The molecule has 132 valence electrons. The van der Waals surface area contributed by atoms with E-state index in [0.717, 1.165) is 48.5 Å². The molecule has 1 saturated heterocycles. The average molecular weight is 329 g/mol. The monoisotopic (exact) mass is 329 g/mol. The van der Waals surface area contributed by atoms with Gasteiger partial charge in [0.2, 0.25) is 0 Å². The van der Waals surface area contributed by atoms with E-state index in [2.05, 4.69) is 21.8 Å². The van der Waals surface area contributed by atoms with Gasteiger partial charge in [-0.25, -0.2) is 9.97 Å². The predicted molar refractivity (Wildman–Crippen MR) is 99.4 cm³/mol. The van der Waals surface area contributed by atoms with Crippen molar-refractivity contribution in [3.8, 4) is 0 Å². The van der Waals surface area contributed by atoms with E-state index in [1.54, 1.807) is 0 Å². The Morgan fingerprint density at radius 2 is 1.83 bits per heavy atom. The molecule has 5 heteroatoms. The lowest BCUT2D eigenvalue weighted by molar-refractivity contribution is 0.329. The van der Waals surface area contributed by atoms with Gasteiger partial charge in [-0.2, -0.15) is 0 Å². The first-order chi connectivity index (χ1) is 11.8. The molecule has 0 amide bonds. The van der Waals surface area contributed by atoms with Gasteiger partial charge in [0, 0.05) is 12.0 Å². The van der Waals surface area contributed by atoms with Crippen LogP contribution in [0.25, 0.3) is 0 Å². The van der Waals surface area contributed by atoms with Gasteiger partial charge in [0.05, 0.1) is 18.0 Å². The number of fused-ring (bicyclic) bond motifs is 1. The lowest BCUT2D eigenvalue weighted by atomic mass is 10.1. The van der Waals surface area contributed by atoms with Crippen LogP contribution >= 0.6 is 0 Å². The Labute approximate surface area is 145 Å². The summed E-state index contributed by atoms with van der Waals surface area (Å²) in [6.45, 7) is 6.72. The molecule has 3 rings (SSSR count). The van der Waals surface area contributed by atoms with E-state index in [-0.39, 0.29) is 0 Å². The summed E-state index contributed by atoms with van der Waals surface area (Å²) in [5.41, 5.74) is 9.35. The molecule has 0 saturated carbocycles. The second-order valence-electron chi connectivity index (χ2n) is 7.08. The molecule has 0 bridgehead atoms. The van der Waals surface area contributed by atoms with Gasteiger partial charge >= 0.3 is 0 Å². The zero-order valence-electron chi connectivity index (χ0n) is 15.1. The highest BCUT2D eigenvalue weighted by Crippen LogP contribution is 2.24. The summed E-state index contributed by atoms with van der Waals surface area (Å²) < 4.78 is 0. The standard InChI is InChI=1S/C19H31N5/c1-2-3-10-17-22-18-15(19(20)23-17)14-21-16(18)9-5-4-6-11-24-12-7-8-13-24/h2-14H2,1H3,(H2,20,22,23). The molecule has 1 fully saturated rings. The molecule has 0 aromatic carbocycles. The van der Waals surface area contributed by atoms with E-state index in [0.29, 0.717) is 12.4 Å². The van der Waals surface area contributed by atoms with Crippen molar-refractivity contribution in [2.75, 3.05) is 25.4 Å². The molecule has 2 N–H and O–H groups in total. The number of hydrogen-bond acceptors (Lipinski definition) is 5. The van der Waals surface area contributed by atoms with Crippen molar-refractivity contribution >= 4 is 11.5 Å². The van der Waals surface area contributed by atoms with Gasteiger partial charge in [0.25, 0.3) is 0 Å². The molecule has 0 spiro atoms. The Hall–Kier alpha value is -1.49. The molecule has 0 aliphatic carbocycles. The van der Waals surface area contributed by atoms with Crippen molar-refractivity contribution < 1.29 is 0 Å². The molecule has 1 aromatic heterocycles. The van der Waals surface area contributed by atoms with Crippen LogP contribution in [0.3, 0.4) is 0 Å². The molecule has 24 heavy (non-hydrogen) atoms. The highest BCUT2D eigenvalue weighted by Gasteiger charge is 2.21. The highest BCUT2D eigenvalue weighted by molar-refractivity contribution is 6.02.